The molecule has 8 nitrogen and oxygen atoms in total. The number of fused-ring (bicyclic) bond motifs is 1. The summed E-state index contributed by atoms with van der Waals surface area (Å²) in [7, 11) is 0. The highest BCUT2D eigenvalue weighted by Gasteiger charge is 2.17. The van der Waals surface area contributed by atoms with E-state index in [-0.39, 0.29) is 5.91 Å². The van der Waals surface area contributed by atoms with E-state index in [1.807, 2.05) is 30.5 Å². The molecule has 198 valence electrons. The van der Waals surface area contributed by atoms with Crippen LogP contribution in [0.5, 0.6) is 0 Å². The summed E-state index contributed by atoms with van der Waals surface area (Å²) in [5.74, 6) is 0.698. The number of aromatic amines is 1. The molecule has 4 heterocycles. The Labute approximate surface area is 224 Å². The summed E-state index contributed by atoms with van der Waals surface area (Å²) in [5.41, 5.74) is 5.11. The summed E-state index contributed by atoms with van der Waals surface area (Å²) in [6, 6.07) is 9.93. The fourth-order valence-electron chi connectivity index (χ4n) is 5.37. The summed E-state index contributed by atoms with van der Waals surface area (Å²) in [5, 5.41) is 11.1. The molecule has 0 spiro atoms. The van der Waals surface area contributed by atoms with Crippen molar-refractivity contribution in [2.24, 2.45) is 4.99 Å². The maximum Gasteiger partial charge on any atom is 0.276 e. The van der Waals surface area contributed by atoms with Crippen LogP contribution in [0.2, 0.25) is 0 Å². The van der Waals surface area contributed by atoms with Gasteiger partial charge in [0.2, 0.25) is 0 Å². The highest BCUT2D eigenvalue weighted by atomic mass is 16.1. The van der Waals surface area contributed by atoms with Gasteiger partial charge >= 0.3 is 0 Å². The van der Waals surface area contributed by atoms with E-state index in [9.17, 15) is 4.79 Å². The summed E-state index contributed by atoms with van der Waals surface area (Å²) >= 11 is 0. The Morgan fingerprint density at radius 2 is 1.84 bits per heavy atom. The average Bonchev–Trinajstić information content (AvgIpc) is 3.38. The molecule has 0 unspecified atom stereocenters. The molecule has 2 fully saturated rings. The third-order valence-electron chi connectivity index (χ3n) is 7.43. The molecule has 0 bridgehead atoms. The molecule has 2 aliphatic heterocycles. The molecule has 3 aromatic rings. The van der Waals surface area contributed by atoms with E-state index >= 15 is 0 Å². The fraction of sp³-hybridized carbons (Fsp3) is 0.400. The zero-order chi connectivity index (χ0) is 26.3. The van der Waals surface area contributed by atoms with Crippen LogP contribution in [-0.4, -0.2) is 65.4 Å². The molecule has 2 N–H and O–H groups in total. The quantitative estimate of drug-likeness (QED) is 0.300. The lowest BCUT2D eigenvalue weighted by Crippen LogP contribution is -2.31. The smallest absolute Gasteiger partial charge is 0.276 e. The Kier molecular flexibility index (Phi) is 8.28. The third-order valence-corrected chi connectivity index (χ3v) is 7.43. The van der Waals surface area contributed by atoms with Gasteiger partial charge in [-0.1, -0.05) is 18.6 Å². The molecule has 1 aromatic carbocycles. The van der Waals surface area contributed by atoms with Crippen molar-refractivity contribution >= 4 is 40.6 Å². The number of benzene rings is 1. The highest BCUT2D eigenvalue weighted by Crippen LogP contribution is 2.25. The lowest BCUT2D eigenvalue weighted by molar-refractivity contribution is 0.102. The molecular formula is C30H37N7O. The van der Waals surface area contributed by atoms with Gasteiger partial charge in [-0.3, -0.25) is 19.8 Å². The van der Waals surface area contributed by atoms with E-state index in [4.69, 9.17) is 0 Å². The number of rotatable bonds is 8. The van der Waals surface area contributed by atoms with Crippen LogP contribution >= 0.6 is 0 Å². The number of aromatic nitrogens is 3. The van der Waals surface area contributed by atoms with Gasteiger partial charge in [-0.05, 0) is 99.8 Å². The number of aliphatic imine (C=N–C) groups is 1. The molecule has 0 radical (unpaired) electrons. The van der Waals surface area contributed by atoms with Gasteiger partial charge < -0.3 is 10.2 Å². The summed E-state index contributed by atoms with van der Waals surface area (Å²) < 4.78 is 0. The number of carbonyl (C=O) groups is 1. The van der Waals surface area contributed by atoms with Crippen LogP contribution in [0.1, 0.15) is 61.5 Å². The number of amides is 1. The number of piperidine rings is 2. The van der Waals surface area contributed by atoms with Crippen LogP contribution in [-0.2, 0) is 0 Å². The molecule has 0 atom stereocenters. The topological polar surface area (TPSA) is 89.5 Å². The number of nitrogens with zero attached hydrogens (tertiary/aromatic N) is 5. The van der Waals surface area contributed by atoms with E-state index in [0.29, 0.717) is 11.4 Å². The second-order valence-electron chi connectivity index (χ2n) is 10.3. The number of carbonyl (C=O) groups excluding carboxylic acids is 1. The maximum atomic E-state index is 13.2. The van der Waals surface area contributed by atoms with Crippen molar-refractivity contribution in [2.75, 3.05) is 42.9 Å². The summed E-state index contributed by atoms with van der Waals surface area (Å²) in [4.78, 5) is 26.5. The lowest BCUT2D eigenvalue weighted by Gasteiger charge is -2.27. The molecule has 2 saturated heterocycles. The Bertz CT molecular complexity index is 1330. The normalized spacial score (nSPS) is 17.6. The monoisotopic (exact) mass is 511 g/mol. The van der Waals surface area contributed by atoms with Gasteiger partial charge in [0.25, 0.3) is 5.91 Å². The SMILES string of the molecule is C=N/C=C(\C=C(/C)c1ccc2[nH]nc(C(=O)Nc3ccc(N4CCCCC4)nc3)c2c1)CN1CCCCC1. The van der Waals surface area contributed by atoms with Crippen LogP contribution in [0.4, 0.5) is 11.5 Å². The fourth-order valence-corrected chi connectivity index (χ4v) is 5.37. The van der Waals surface area contributed by atoms with Crippen molar-refractivity contribution in [3.8, 4) is 0 Å². The Morgan fingerprint density at radius 3 is 2.55 bits per heavy atom. The van der Waals surface area contributed by atoms with Gasteiger partial charge in [-0.15, -0.1) is 0 Å². The number of hydrogen-bond acceptors (Lipinski definition) is 6. The van der Waals surface area contributed by atoms with Crippen molar-refractivity contribution in [1.29, 1.82) is 0 Å². The Balaban J connectivity index is 1.31. The van der Waals surface area contributed by atoms with Gasteiger partial charge in [0.05, 0.1) is 17.4 Å². The Hall–Kier alpha value is -3.78. The number of hydrogen-bond donors (Lipinski definition) is 2. The first-order chi connectivity index (χ1) is 18.6. The van der Waals surface area contributed by atoms with Crippen LogP contribution in [0.25, 0.3) is 16.5 Å². The minimum atomic E-state index is -0.260. The van der Waals surface area contributed by atoms with Crippen molar-refractivity contribution in [2.45, 2.75) is 45.4 Å². The molecule has 2 aliphatic rings. The zero-order valence-corrected chi connectivity index (χ0v) is 22.2. The van der Waals surface area contributed by atoms with Crippen LogP contribution in [0.15, 0.2) is 59.4 Å². The van der Waals surface area contributed by atoms with Gasteiger partial charge in [0, 0.05) is 31.2 Å². The molecular weight excluding hydrogens is 474 g/mol. The number of anilines is 2. The molecule has 8 heteroatoms. The summed E-state index contributed by atoms with van der Waals surface area (Å²) in [6.45, 7) is 10.9. The van der Waals surface area contributed by atoms with Crippen LogP contribution in [0.3, 0.4) is 0 Å². The minimum absolute atomic E-state index is 0.260. The van der Waals surface area contributed by atoms with Gasteiger partial charge in [0.1, 0.15) is 5.82 Å². The number of likely N-dealkylation sites (tertiary alicyclic amines) is 1. The van der Waals surface area contributed by atoms with E-state index in [1.165, 1.54) is 38.5 Å². The average molecular weight is 512 g/mol. The number of pyridine rings is 1. The first-order valence-corrected chi connectivity index (χ1v) is 13.7. The van der Waals surface area contributed by atoms with Crippen LogP contribution < -0.4 is 10.2 Å². The molecule has 0 aliphatic carbocycles. The molecule has 5 rings (SSSR count). The second kappa shape index (κ2) is 12.2. The van der Waals surface area contributed by atoms with E-state index in [0.717, 1.165) is 66.2 Å². The summed E-state index contributed by atoms with van der Waals surface area (Å²) in [6.07, 6.45) is 13.2. The van der Waals surface area contributed by atoms with Gasteiger partial charge in [-0.2, -0.15) is 5.10 Å². The first kappa shape index (κ1) is 25.9. The van der Waals surface area contributed by atoms with Crippen molar-refractivity contribution < 1.29 is 4.79 Å². The van der Waals surface area contributed by atoms with E-state index < -0.39 is 0 Å². The molecule has 1 amide bonds. The first-order valence-electron chi connectivity index (χ1n) is 13.7. The third kappa shape index (κ3) is 6.19. The lowest BCUT2D eigenvalue weighted by atomic mass is 10.0. The number of nitrogens with one attached hydrogen (secondary N) is 2. The minimum Gasteiger partial charge on any atom is -0.357 e. The molecule has 0 saturated carbocycles. The molecule has 2 aromatic heterocycles. The Morgan fingerprint density at radius 1 is 1.08 bits per heavy atom. The van der Waals surface area contributed by atoms with Crippen molar-refractivity contribution in [3.05, 3.63) is 65.6 Å². The predicted octanol–water partition coefficient (Wildman–Crippen LogP) is 5.67. The largest absolute Gasteiger partial charge is 0.357 e. The standard InChI is InChI=1S/C30H37N7O/c1-22(17-23(19-31-2)21-36-13-5-3-6-14-36)24-9-11-27-26(18-24)29(35-34-27)30(38)33-25-10-12-28(32-20-25)37-15-7-4-8-16-37/h9-12,17-20H,2-8,13-16,21H2,1H3,(H,33,38)(H,34,35)/b22-17+,23-19+. The zero-order valence-electron chi connectivity index (χ0n) is 22.2. The number of H-pyrrole nitrogens is 1. The van der Waals surface area contributed by atoms with Gasteiger partial charge in [-0.25, -0.2) is 4.98 Å². The second-order valence-corrected chi connectivity index (χ2v) is 10.3. The maximum absolute atomic E-state index is 13.2. The van der Waals surface area contributed by atoms with Crippen molar-refractivity contribution in [3.63, 3.8) is 0 Å². The van der Waals surface area contributed by atoms with Crippen LogP contribution in [0, 0.1) is 0 Å². The van der Waals surface area contributed by atoms with E-state index in [2.05, 4.69) is 61.1 Å². The van der Waals surface area contributed by atoms with Crippen molar-refractivity contribution in [1.82, 2.24) is 20.1 Å². The van der Waals surface area contributed by atoms with Gasteiger partial charge in [0.15, 0.2) is 5.69 Å². The predicted molar refractivity (Wildman–Crippen MR) is 156 cm³/mol. The number of allylic oxidation sites excluding steroid dienone is 1. The highest BCUT2D eigenvalue weighted by molar-refractivity contribution is 6.11. The van der Waals surface area contributed by atoms with E-state index in [1.54, 1.807) is 6.20 Å². The molecule has 38 heavy (non-hydrogen) atoms.